The number of hydrogen-bond donors (Lipinski definition) is 1. The molecule has 158 valence electrons. The molecule has 3 aliphatic rings. The van der Waals surface area contributed by atoms with Crippen LogP contribution in [0.2, 0.25) is 0 Å². The maximum atomic E-state index is 11.4. The number of nitrogens with one attached hydrogen (secondary N) is 1. The fourth-order valence-corrected chi connectivity index (χ4v) is 6.45. The standard InChI is InChI=1S/C21H30N4O2S2/c1-29(26,27)13-12-25-10-8-15(9-11-25)22-20-18-16-4-2-3-5-17(16)28-21(18)24-19(23-20)14-6-7-14/h14-15H,2-13H2,1H3,(H,22,23,24). The Morgan fingerprint density at radius 1 is 1.10 bits per heavy atom. The van der Waals surface area contributed by atoms with E-state index in [1.807, 2.05) is 11.3 Å². The van der Waals surface area contributed by atoms with Gasteiger partial charge in [0.2, 0.25) is 0 Å². The highest BCUT2D eigenvalue weighted by Gasteiger charge is 2.30. The molecular weight excluding hydrogens is 404 g/mol. The fraction of sp³-hybridized carbons (Fsp3) is 0.714. The molecule has 0 aromatic carbocycles. The Kier molecular flexibility index (Phi) is 5.28. The minimum Gasteiger partial charge on any atom is -0.367 e. The highest BCUT2D eigenvalue weighted by atomic mass is 32.2. The average Bonchev–Trinajstić information content (AvgIpc) is 3.47. The first-order chi connectivity index (χ1) is 14.0. The van der Waals surface area contributed by atoms with E-state index in [0.717, 1.165) is 44.0 Å². The van der Waals surface area contributed by atoms with Crippen LogP contribution >= 0.6 is 11.3 Å². The second kappa shape index (κ2) is 7.78. The molecule has 0 spiro atoms. The smallest absolute Gasteiger partial charge is 0.148 e. The van der Waals surface area contributed by atoms with Crippen molar-refractivity contribution in [2.45, 2.75) is 63.3 Å². The zero-order valence-electron chi connectivity index (χ0n) is 17.1. The first-order valence-electron chi connectivity index (χ1n) is 10.9. The number of thiophene rings is 1. The highest BCUT2D eigenvalue weighted by molar-refractivity contribution is 7.90. The number of anilines is 1. The van der Waals surface area contributed by atoms with Crippen molar-refractivity contribution in [2.24, 2.45) is 0 Å². The van der Waals surface area contributed by atoms with E-state index in [1.54, 1.807) is 0 Å². The van der Waals surface area contributed by atoms with Gasteiger partial charge in [-0.3, -0.25) is 0 Å². The van der Waals surface area contributed by atoms with Gasteiger partial charge >= 0.3 is 0 Å². The van der Waals surface area contributed by atoms with Crippen LogP contribution in [0.4, 0.5) is 5.82 Å². The van der Waals surface area contributed by atoms with Gasteiger partial charge in [-0.1, -0.05) is 0 Å². The van der Waals surface area contributed by atoms with Gasteiger partial charge in [-0.05, 0) is 56.9 Å². The molecule has 0 unspecified atom stereocenters. The molecule has 1 aliphatic heterocycles. The molecule has 2 aromatic heterocycles. The third-order valence-electron chi connectivity index (χ3n) is 6.48. The quantitative estimate of drug-likeness (QED) is 0.751. The summed E-state index contributed by atoms with van der Waals surface area (Å²) in [4.78, 5) is 15.0. The lowest BCUT2D eigenvalue weighted by Gasteiger charge is -2.32. The molecule has 2 fully saturated rings. The van der Waals surface area contributed by atoms with Crippen LogP contribution < -0.4 is 5.32 Å². The Morgan fingerprint density at radius 2 is 1.86 bits per heavy atom. The molecule has 0 atom stereocenters. The maximum absolute atomic E-state index is 11.4. The van der Waals surface area contributed by atoms with Crippen LogP contribution in [0.15, 0.2) is 0 Å². The number of fused-ring (bicyclic) bond motifs is 3. The summed E-state index contributed by atoms with van der Waals surface area (Å²) >= 11 is 1.89. The van der Waals surface area contributed by atoms with E-state index >= 15 is 0 Å². The molecule has 1 saturated carbocycles. The van der Waals surface area contributed by atoms with E-state index in [0.29, 0.717) is 18.5 Å². The Bertz CT molecular complexity index is 1010. The Balaban J connectivity index is 1.34. The number of rotatable bonds is 6. The summed E-state index contributed by atoms with van der Waals surface area (Å²) in [5, 5.41) is 5.07. The van der Waals surface area contributed by atoms with E-state index in [1.165, 1.54) is 59.0 Å². The summed E-state index contributed by atoms with van der Waals surface area (Å²) in [6, 6.07) is 0.397. The van der Waals surface area contributed by atoms with Gasteiger partial charge in [-0.25, -0.2) is 18.4 Å². The first-order valence-corrected chi connectivity index (χ1v) is 13.8. The van der Waals surface area contributed by atoms with Crippen LogP contribution in [-0.2, 0) is 22.7 Å². The number of aryl methyl sites for hydroxylation is 2. The Morgan fingerprint density at radius 3 is 2.59 bits per heavy atom. The maximum Gasteiger partial charge on any atom is 0.148 e. The zero-order chi connectivity index (χ0) is 20.0. The topological polar surface area (TPSA) is 75.2 Å². The van der Waals surface area contributed by atoms with Crippen molar-refractivity contribution < 1.29 is 8.42 Å². The summed E-state index contributed by atoms with van der Waals surface area (Å²) in [6.45, 7) is 2.53. The van der Waals surface area contributed by atoms with Crippen LogP contribution in [-0.4, -0.2) is 61.0 Å². The van der Waals surface area contributed by atoms with Gasteiger partial charge in [-0.2, -0.15) is 0 Å². The monoisotopic (exact) mass is 434 g/mol. The third kappa shape index (κ3) is 4.44. The Hall–Kier alpha value is -1.25. The normalized spacial score (nSPS) is 21.4. The van der Waals surface area contributed by atoms with Crippen LogP contribution in [0.3, 0.4) is 0 Å². The highest BCUT2D eigenvalue weighted by Crippen LogP contribution is 2.43. The molecular formula is C21H30N4O2S2. The van der Waals surface area contributed by atoms with E-state index in [-0.39, 0.29) is 5.75 Å². The van der Waals surface area contributed by atoms with Gasteiger partial charge < -0.3 is 10.2 Å². The van der Waals surface area contributed by atoms with Gasteiger partial charge in [-0.15, -0.1) is 11.3 Å². The Labute approximate surface area is 177 Å². The van der Waals surface area contributed by atoms with Crippen LogP contribution in [0.5, 0.6) is 0 Å². The lowest BCUT2D eigenvalue weighted by molar-refractivity contribution is 0.230. The van der Waals surface area contributed by atoms with Gasteiger partial charge in [0.1, 0.15) is 26.3 Å². The molecule has 3 heterocycles. The lowest BCUT2D eigenvalue weighted by atomic mass is 9.96. The van der Waals surface area contributed by atoms with Gasteiger partial charge in [0, 0.05) is 42.7 Å². The minimum absolute atomic E-state index is 0.253. The molecule has 1 saturated heterocycles. The molecule has 5 rings (SSSR count). The number of aromatic nitrogens is 2. The van der Waals surface area contributed by atoms with Crippen LogP contribution in [0.25, 0.3) is 10.2 Å². The summed E-state index contributed by atoms with van der Waals surface area (Å²) in [6.07, 6.45) is 10.7. The number of piperidine rings is 1. The predicted octanol–water partition coefficient (Wildman–Crippen LogP) is 3.37. The molecule has 8 heteroatoms. The lowest BCUT2D eigenvalue weighted by Crippen LogP contribution is -2.41. The van der Waals surface area contributed by atoms with Crippen molar-refractivity contribution in [3.8, 4) is 0 Å². The van der Waals surface area contributed by atoms with Gasteiger partial charge in [0.25, 0.3) is 0 Å². The molecule has 0 radical (unpaired) electrons. The molecule has 6 nitrogen and oxygen atoms in total. The van der Waals surface area contributed by atoms with Crippen LogP contribution in [0, 0.1) is 0 Å². The van der Waals surface area contributed by atoms with E-state index in [2.05, 4.69) is 10.2 Å². The minimum atomic E-state index is -2.89. The summed E-state index contributed by atoms with van der Waals surface area (Å²) in [5.74, 6) is 2.90. The molecule has 2 aromatic rings. The van der Waals surface area contributed by atoms with Crippen molar-refractivity contribution in [3.63, 3.8) is 0 Å². The molecule has 1 N–H and O–H groups in total. The summed E-state index contributed by atoms with van der Waals surface area (Å²) in [7, 11) is -2.89. The molecule has 29 heavy (non-hydrogen) atoms. The fourth-order valence-electron chi connectivity index (χ4n) is 4.59. The largest absolute Gasteiger partial charge is 0.367 e. The number of likely N-dealkylation sites (tertiary alicyclic amines) is 1. The third-order valence-corrected chi connectivity index (χ3v) is 8.59. The average molecular weight is 435 g/mol. The van der Waals surface area contributed by atoms with Crippen molar-refractivity contribution >= 4 is 37.2 Å². The summed E-state index contributed by atoms with van der Waals surface area (Å²) in [5.41, 5.74) is 1.49. The van der Waals surface area contributed by atoms with Gasteiger partial charge in [0.15, 0.2) is 0 Å². The van der Waals surface area contributed by atoms with Crippen molar-refractivity contribution in [2.75, 3.05) is 37.0 Å². The van der Waals surface area contributed by atoms with Crippen LogP contribution in [0.1, 0.15) is 60.7 Å². The number of hydrogen-bond acceptors (Lipinski definition) is 7. The molecule has 2 aliphatic carbocycles. The van der Waals surface area contributed by atoms with Crippen molar-refractivity contribution in [3.05, 3.63) is 16.3 Å². The molecule has 0 amide bonds. The zero-order valence-corrected chi connectivity index (χ0v) is 18.7. The second-order valence-electron chi connectivity index (χ2n) is 8.99. The number of sulfone groups is 1. The van der Waals surface area contributed by atoms with Crippen molar-refractivity contribution in [1.29, 1.82) is 0 Å². The SMILES string of the molecule is CS(=O)(=O)CCN1CCC(Nc2nc(C3CC3)nc3sc4c(c23)CCCC4)CC1. The molecule has 0 bridgehead atoms. The number of nitrogens with zero attached hydrogens (tertiary/aromatic N) is 3. The first kappa shape index (κ1) is 19.7. The van der Waals surface area contributed by atoms with E-state index in [9.17, 15) is 8.42 Å². The summed E-state index contributed by atoms with van der Waals surface area (Å²) < 4.78 is 22.9. The predicted molar refractivity (Wildman–Crippen MR) is 119 cm³/mol. The van der Waals surface area contributed by atoms with E-state index in [4.69, 9.17) is 9.97 Å². The van der Waals surface area contributed by atoms with Gasteiger partial charge in [0.05, 0.1) is 11.1 Å². The second-order valence-corrected chi connectivity index (χ2v) is 12.3. The van der Waals surface area contributed by atoms with E-state index < -0.39 is 9.84 Å². The van der Waals surface area contributed by atoms with Crippen molar-refractivity contribution in [1.82, 2.24) is 14.9 Å².